The second-order valence-corrected chi connectivity index (χ2v) is 16.2. The molecule has 2 aliphatic rings. The Morgan fingerprint density at radius 1 is 0.914 bits per heavy atom. The molecule has 310 valence electrons. The number of alkyl carbamates (subject to hydrolysis) is 1. The van der Waals surface area contributed by atoms with Gasteiger partial charge in [-0.25, -0.2) is 28.3 Å². The molecule has 2 aromatic heterocycles. The van der Waals surface area contributed by atoms with Crippen LogP contribution in [0, 0.1) is 5.92 Å². The number of likely N-dealkylation sites (N-methyl/N-ethyl adjacent to an activating group) is 1. The number of benzene rings is 2. The van der Waals surface area contributed by atoms with Crippen molar-refractivity contribution in [1.29, 1.82) is 0 Å². The number of ether oxygens (including phenoxy) is 1. The lowest BCUT2D eigenvalue weighted by atomic mass is 9.99. The zero-order valence-corrected chi connectivity index (χ0v) is 33.7. The zero-order chi connectivity index (χ0) is 41.9. The zero-order valence-electron chi connectivity index (χ0n) is 33.7. The molecule has 2 aromatic carbocycles. The van der Waals surface area contributed by atoms with Gasteiger partial charge in [0, 0.05) is 26.4 Å². The third-order valence-corrected chi connectivity index (χ3v) is 10.8. The minimum atomic E-state index is -1.70. The van der Waals surface area contributed by atoms with Gasteiger partial charge in [0.2, 0.25) is 11.8 Å². The van der Waals surface area contributed by atoms with Gasteiger partial charge in [-0.05, 0) is 61.3 Å². The molecule has 14 nitrogen and oxygen atoms in total. The van der Waals surface area contributed by atoms with Crippen molar-refractivity contribution >= 4 is 24.0 Å². The number of nitrogens with one attached hydrogen (secondary N) is 3. The third kappa shape index (κ3) is 9.48. The first kappa shape index (κ1) is 41.8. The van der Waals surface area contributed by atoms with E-state index in [0.717, 1.165) is 39.3 Å². The molecule has 0 radical (unpaired) electrons. The normalized spacial score (nSPS) is 19.3. The fourth-order valence-electron chi connectivity index (χ4n) is 7.87. The Morgan fingerprint density at radius 2 is 1.45 bits per heavy atom. The molecule has 0 bridgehead atoms. The molecule has 0 saturated carbocycles. The predicted molar refractivity (Wildman–Crippen MR) is 213 cm³/mol. The topological polar surface area (TPSA) is 177 Å². The summed E-state index contributed by atoms with van der Waals surface area (Å²) in [4.78, 5) is 70.9. The van der Waals surface area contributed by atoms with Gasteiger partial charge in [0.25, 0.3) is 0 Å². The van der Waals surface area contributed by atoms with Crippen LogP contribution in [-0.2, 0) is 14.3 Å². The van der Waals surface area contributed by atoms with E-state index < -0.39 is 48.1 Å². The number of aromatic amines is 2. The van der Waals surface area contributed by atoms with Gasteiger partial charge in [-0.3, -0.25) is 14.5 Å². The summed E-state index contributed by atoms with van der Waals surface area (Å²) < 4.78 is 34.1. The van der Waals surface area contributed by atoms with Crippen molar-refractivity contribution in [2.75, 3.05) is 27.2 Å². The van der Waals surface area contributed by atoms with E-state index in [1.807, 2.05) is 62.4 Å². The highest BCUT2D eigenvalue weighted by Gasteiger charge is 2.43. The molecule has 0 aliphatic carbocycles. The number of likely N-dealkylation sites (tertiary alicyclic amines) is 2. The minimum Gasteiger partial charge on any atom is -0.465 e. The van der Waals surface area contributed by atoms with Crippen molar-refractivity contribution in [2.24, 2.45) is 5.92 Å². The highest BCUT2D eigenvalue weighted by Crippen LogP contribution is 2.36. The molecule has 2 fully saturated rings. The summed E-state index contributed by atoms with van der Waals surface area (Å²) in [5.74, 6) is 0.281. The van der Waals surface area contributed by atoms with Gasteiger partial charge in [-0.15, -0.1) is 0 Å². The number of methoxy groups -OCH3 is 1. The number of hydrogen-bond donors (Lipinski definition) is 4. The van der Waals surface area contributed by atoms with Crippen LogP contribution in [0.3, 0.4) is 0 Å². The number of alkyl halides is 2. The van der Waals surface area contributed by atoms with Crippen LogP contribution in [0.5, 0.6) is 0 Å². The van der Waals surface area contributed by atoms with E-state index in [2.05, 4.69) is 30.0 Å². The monoisotopic (exact) mass is 802 g/mol. The van der Waals surface area contributed by atoms with E-state index in [0.29, 0.717) is 36.7 Å². The number of H-pyrrole nitrogens is 2. The van der Waals surface area contributed by atoms with E-state index in [1.165, 1.54) is 32.9 Å². The summed E-state index contributed by atoms with van der Waals surface area (Å²) >= 11 is 0. The van der Waals surface area contributed by atoms with Crippen molar-refractivity contribution in [1.82, 2.24) is 40.0 Å². The van der Waals surface area contributed by atoms with Gasteiger partial charge < -0.3 is 34.9 Å². The Labute approximate surface area is 336 Å². The first-order valence-electron chi connectivity index (χ1n) is 19.6. The lowest BCUT2D eigenvalue weighted by Gasteiger charge is -2.32. The summed E-state index contributed by atoms with van der Waals surface area (Å²) in [5, 5.41) is 12.1. The Hall–Kier alpha value is -5.80. The number of imidazole rings is 2. The molecule has 4 N–H and O–H groups in total. The Morgan fingerprint density at radius 3 is 1.95 bits per heavy atom. The number of nitrogens with zero attached hydrogens (tertiary/aromatic N) is 5. The van der Waals surface area contributed by atoms with Gasteiger partial charge in [-0.2, -0.15) is 0 Å². The molecule has 0 spiro atoms. The summed E-state index contributed by atoms with van der Waals surface area (Å²) in [6, 6.07) is 12.8. The number of carbonyl (C=O) groups is 4. The second-order valence-electron chi connectivity index (χ2n) is 16.2. The molecule has 4 aromatic rings. The van der Waals surface area contributed by atoms with Crippen LogP contribution < -0.4 is 5.32 Å². The van der Waals surface area contributed by atoms with E-state index >= 15 is 0 Å². The van der Waals surface area contributed by atoms with E-state index in [9.17, 15) is 33.1 Å². The lowest BCUT2D eigenvalue weighted by molar-refractivity contribution is -0.138. The molecule has 58 heavy (non-hydrogen) atoms. The predicted octanol–water partition coefficient (Wildman–Crippen LogP) is 7.30. The van der Waals surface area contributed by atoms with Gasteiger partial charge in [-0.1, -0.05) is 62.4 Å². The van der Waals surface area contributed by atoms with E-state index in [1.54, 1.807) is 17.3 Å². The van der Waals surface area contributed by atoms with Gasteiger partial charge in [0.1, 0.15) is 35.6 Å². The number of rotatable bonds is 13. The van der Waals surface area contributed by atoms with Crippen LogP contribution in [-0.4, -0.2) is 115 Å². The van der Waals surface area contributed by atoms with E-state index in [-0.39, 0.29) is 37.3 Å². The molecular formula is C42H52F2N8O6. The van der Waals surface area contributed by atoms with Crippen molar-refractivity contribution in [3.8, 4) is 33.6 Å². The van der Waals surface area contributed by atoms with E-state index in [4.69, 9.17) is 0 Å². The molecule has 2 aliphatic heterocycles. The standard InChI is InChI=1S/C42H52F2N8O6/c1-24(2)18-35(50(5)41(56)57)39(54)52-23-29(43)19-34(52)37-46-22-32(48-37)28-15-11-26(12-16-28)25-9-13-27(14-10-25)31-21-45-36(47-31)33-8-7-17-51(33)38(53)30(20-42(3,4)44)49-40(55)58-6/h9-16,21-22,24,29-30,33-35H,7-8,17-20,23H2,1-6H3,(H,45,47)(H,46,48)(H,49,55)(H,56,57)/t29-,30+,33?,34+,35+/m1/s1. The van der Waals surface area contributed by atoms with Crippen LogP contribution in [0.1, 0.15) is 83.5 Å². The van der Waals surface area contributed by atoms with Crippen molar-refractivity contribution in [2.45, 2.75) is 95.8 Å². The number of carbonyl (C=O) groups excluding carboxylic acids is 3. The number of aromatic nitrogens is 4. The minimum absolute atomic E-state index is 0.0513. The Bertz CT molecular complexity index is 2080. The molecule has 16 heteroatoms. The Balaban J connectivity index is 1.12. The number of carboxylic acid groups (broad SMARTS) is 1. The third-order valence-electron chi connectivity index (χ3n) is 10.8. The maximum atomic E-state index is 14.8. The number of amides is 4. The maximum absolute atomic E-state index is 14.8. The van der Waals surface area contributed by atoms with Crippen LogP contribution in [0.15, 0.2) is 60.9 Å². The molecule has 4 amide bonds. The lowest BCUT2D eigenvalue weighted by Crippen LogP contribution is -2.50. The van der Waals surface area contributed by atoms with Crippen molar-refractivity contribution in [3.05, 3.63) is 72.6 Å². The van der Waals surface area contributed by atoms with Gasteiger partial charge in [0.15, 0.2) is 0 Å². The fourth-order valence-corrected chi connectivity index (χ4v) is 7.87. The average Bonchev–Trinajstić information content (AvgIpc) is 4.02. The maximum Gasteiger partial charge on any atom is 0.407 e. The molecular weight excluding hydrogens is 751 g/mol. The first-order valence-corrected chi connectivity index (χ1v) is 19.6. The molecule has 5 atom stereocenters. The Kier molecular flexibility index (Phi) is 12.5. The highest BCUT2D eigenvalue weighted by atomic mass is 19.1. The van der Waals surface area contributed by atoms with Crippen molar-refractivity contribution in [3.63, 3.8) is 0 Å². The quantitative estimate of drug-likeness (QED) is 0.109. The summed E-state index contributed by atoms with van der Waals surface area (Å²) in [6.07, 6.45) is 1.68. The molecule has 1 unspecified atom stereocenters. The summed E-state index contributed by atoms with van der Waals surface area (Å²) in [6.45, 7) is 6.87. The SMILES string of the molecule is COC(=O)N[C@@H](CC(C)(C)F)C(=O)N1CCCC1c1ncc(-c2ccc(-c3ccc(-c4cnc([C@@H]5C[C@@H](F)CN5C(=O)[C@H](CC(C)C)N(C)C(=O)O)[nH]4)cc3)cc2)[nH]1. The average molecular weight is 803 g/mol. The number of halogens is 2. The van der Waals surface area contributed by atoms with Crippen LogP contribution >= 0.6 is 0 Å². The van der Waals surface area contributed by atoms with Gasteiger partial charge in [0.05, 0.1) is 49.5 Å². The molecule has 4 heterocycles. The molecule has 2 saturated heterocycles. The van der Waals surface area contributed by atoms with Crippen LogP contribution in [0.25, 0.3) is 33.6 Å². The molecule has 6 rings (SSSR count). The summed E-state index contributed by atoms with van der Waals surface area (Å²) in [7, 11) is 2.56. The summed E-state index contributed by atoms with van der Waals surface area (Å²) in [5.41, 5.74) is 3.46. The highest BCUT2D eigenvalue weighted by molar-refractivity contribution is 5.87. The second kappa shape index (κ2) is 17.4. The van der Waals surface area contributed by atoms with Crippen molar-refractivity contribution < 1.29 is 37.8 Å². The van der Waals surface area contributed by atoms with Gasteiger partial charge >= 0.3 is 12.2 Å². The fraction of sp³-hybridized carbons (Fsp3) is 0.476. The number of hydrogen-bond acceptors (Lipinski definition) is 7. The largest absolute Gasteiger partial charge is 0.465 e. The van der Waals surface area contributed by atoms with Crippen LogP contribution in [0.4, 0.5) is 18.4 Å². The first-order chi connectivity index (χ1) is 27.5. The smallest absolute Gasteiger partial charge is 0.407 e. The van der Waals surface area contributed by atoms with Crippen LogP contribution in [0.2, 0.25) is 0 Å².